The van der Waals surface area contributed by atoms with E-state index in [1.54, 1.807) is 0 Å². The molecule has 0 saturated heterocycles. The molecule has 0 spiro atoms. The highest BCUT2D eigenvalue weighted by molar-refractivity contribution is 5.76. The molecule has 13 heavy (non-hydrogen) atoms. The second-order valence-corrected chi connectivity index (χ2v) is 3.77. The summed E-state index contributed by atoms with van der Waals surface area (Å²) in [5.74, 6) is 0.181. The van der Waals surface area contributed by atoms with Gasteiger partial charge in [0.25, 0.3) is 0 Å². The molecule has 1 rings (SSSR count). The van der Waals surface area contributed by atoms with Gasteiger partial charge in [-0.15, -0.1) is 0 Å². The van der Waals surface area contributed by atoms with Crippen molar-refractivity contribution in [3.05, 3.63) is 0 Å². The lowest BCUT2D eigenvalue weighted by Gasteiger charge is -2.24. The van der Waals surface area contributed by atoms with Crippen molar-refractivity contribution in [2.24, 2.45) is 0 Å². The van der Waals surface area contributed by atoms with Gasteiger partial charge in [-0.05, 0) is 19.3 Å². The van der Waals surface area contributed by atoms with Gasteiger partial charge in [0, 0.05) is 26.1 Å². The van der Waals surface area contributed by atoms with Crippen LogP contribution in [0, 0.1) is 0 Å². The molecule has 0 bridgehead atoms. The average molecular weight is 185 g/mol. The minimum atomic E-state index is 0.115. The number of carbonyl (C=O) groups excluding carboxylic acids is 1. The van der Waals surface area contributed by atoms with Crippen molar-refractivity contribution in [2.45, 2.75) is 44.6 Å². The minimum Gasteiger partial charge on any atom is -0.396 e. The first-order valence-electron chi connectivity index (χ1n) is 5.12. The fraction of sp³-hybridized carbons (Fsp3) is 0.900. The zero-order valence-electron chi connectivity index (χ0n) is 8.33. The second kappa shape index (κ2) is 5.22. The molecule has 1 N–H and O–H groups in total. The molecule has 76 valence electrons. The van der Waals surface area contributed by atoms with Gasteiger partial charge in [-0.1, -0.05) is 12.8 Å². The fourth-order valence-corrected chi connectivity index (χ4v) is 1.90. The van der Waals surface area contributed by atoms with Crippen LogP contribution in [0.25, 0.3) is 0 Å². The van der Waals surface area contributed by atoms with Gasteiger partial charge >= 0.3 is 0 Å². The maximum absolute atomic E-state index is 11.5. The van der Waals surface area contributed by atoms with Crippen LogP contribution in [0.4, 0.5) is 0 Å². The van der Waals surface area contributed by atoms with Crippen molar-refractivity contribution >= 4 is 5.91 Å². The summed E-state index contributed by atoms with van der Waals surface area (Å²) in [7, 11) is 1.88. The molecule has 1 fully saturated rings. The van der Waals surface area contributed by atoms with Crippen molar-refractivity contribution < 1.29 is 9.90 Å². The Labute approximate surface area is 79.7 Å². The normalized spacial score (nSPS) is 17.7. The maximum atomic E-state index is 11.5. The number of aliphatic hydroxyl groups is 1. The van der Waals surface area contributed by atoms with Gasteiger partial charge in [0.2, 0.25) is 5.91 Å². The fourth-order valence-electron chi connectivity index (χ4n) is 1.90. The Bertz CT molecular complexity index is 164. The zero-order chi connectivity index (χ0) is 9.68. The van der Waals surface area contributed by atoms with E-state index in [1.165, 1.54) is 12.8 Å². The van der Waals surface area contributed by atoms with Crippen molar-refractivity contribution in [2.75, 3.05) is 13.7 Å². The zero-order valence-corrected chi connectivity index (χ0v) is 8.33. The SMILES string of the molecule is CN(C(=O)CCCO)C1CCCC1. The molecule has 0 heterocycles. The molecule has 0 atom stereocenters. The van der Waals surface area contributed by atoms with E-state index < -0.39 is 0 Å². The Kier molecular flexibility index (Phi) is 4.22. The van der Waals surface area contributed by atoms with Crippen LogP contribution in [0.2, 0.25) is 0 Å². The molecule has 1 amide bonds. The molecule has 1 saturated carbocycles. The number of hydrogen-bond donors (Lipinski definition) is 1. The molecule has 0 unspecified atom stereocenters. The summed E-state index contributed by atoms with van der Waals surface area (Å²) in [6, 6.07) is 0.464. The van der Waals surface area contributed by atoms with E-state index in [0.29, 0.717) is 18.9 Å². The summed E-state index contributed by atoms with van der Waals surface area (Å²) in [4.78, 5) is 13.4. The van der Waals surface area contributed by atoms with Crippen molar-refractivity contribution in [3.8, 4) is 0 Å². The van der Waals surface area contributed by atoms with Crippen LogP contribution in [0.1, 0.15) is 38.5 Å². The number of aliphatic hydroxyl groups excluding tert-OH is 1. The largest absolute Gasteiger partial charge is 0.396 e. The summed E-state index contributed by atoms with van der Waals surface area (Å²) in [5, 5.41) is 8.59. The van der Waals surface area contributed by atoms with Gasteiger partial charge in [0.15, 0.2) is 0 Å². The monoisotopic (exact) mass is 185 g/mol. The Morgan fingerprint density at radius 1 is 1.46 bits per heavy atom. The molecular weight excluding hydrogens is 166 g/mol. The highest BCUT2D eigenvalue weighted by atomic mass is 16.3. The lowest BCUT2D eigenvalue weighted by atomic mass is 10.2. The molecule has 0 radical (unpaired) electrons. The van der Waals surface area contributed by atoms with Crippen LogP contribution in [0.15, 0.2) is 0 Å². The van der Waals surface area contributed by atoms with Crippen molar-refractivity contribution in [1.29, 1.82) is 0 Å². The first-order valence-corrected chi connectivity index (χ1v) is 5.12. The lowest BCUT2D eigenvalue weighted by Crippen LogP contribution is -2.35. The van der Waals surface area contributed by atoms with E-state index in [2.05, 4.69) is 0 Å². The molecule has 0 aliphatic heterocycles. The van der Waals surface area contributed by atoms with Gasteiger partial charge in [-0.2, -0.15) is 0 Å². The Morgan fingerprint density at radius 3 is 2.62 bits per heavy atom. The van der Waals surface area contributed by atoms with Crippen molar-refractivity contribution in [1.82, 2.24) is 4.90 Å². The molecular formula is C10H19NO2. The Balaban J connectivity index is 2.28. The number of hydrogen-bond acceptors (Lipinski definition) is 2. The number of nitrogens with zero attached hydrogens (tertiary/aromatic N) is 1. The number of amides is 1. The number of rotatable bonds is 4. The van der Waals surface area contributed by atoms with E-state index in [-0.39, 0.29) is 12.5 Å². The van der Waals surface area contributed by atoms with Crippen LogP contribution < -0.4 is 0 Å². The van der Waals surface area contributed by atoms with E-state index >= 15 is 0 Å². The molecule has 0 aromatic heterocycles. The summed E-state index contributed by atoms with van der Waals surface area (Å²) < 4.78 is 0. The summed E-state index contributed by atoms with van der Waals surface area (Å²) >= 11 is 0. The summed E-state index contributed by atoms with van der Waals surface area (Å²) in [6.45, 7) is 0.115. The number of carbonyl (C=O) groups is 1. The highest BCUT2D eigenvalue weighted by Gasteiger charge is 2.22. The molecule has 0 aromatic rings. The van der Waals surface area contributed by atoms with Crippen LogP contribution in [-0.2, 0) is 4.79 Å². The Morgan fingerprint density at radius 2 is 2.08 bits per heavy atom. The predicted octanol–water partition coefficient (Wildman–Crippen LogP) is 1.16. The van der Waals surface area contributed by atoms with E-state index in [9.17, 15) is 4.79 Å². The van der Waals surface area contributed by atoms with E-state index in [4.69, 9.17) is 5.11 Å². The van der Waals surface area contributed by atoms with Crippen LogP contribution >= 0.6 is 0 Å². The first kappa shape index (κ1) is 10.5. The smallest absolute Gasteiger partial charge is 0.222 e. The maximum Gasteiger partial charge on any atom is 0.222 e. The van der Waals surface area contributed by atoms with Gasteiger partial charge in [0.05, 0.1) is 0 Å². The third-order valence-corrected chi connectivity index (χ3v) is 2.81. The lowest BCUT2D eigenvalue weighted by molar-refractivity contribution is -0.132. The van der Waals surface area contributed by atoms with Gasteiger partial charge in [-0.25, -0.2) is 0 Å². The molecule has 3 nitrogen and oxygen atoms in total. The van der Waals surface area contributed by atoms with Crippen LogP contribution in [0.5, 0.6) is 0 Å². The van der Waals surface area contributed by atoms with E-state index in [1.807, 2.05) is 11.9 Å². The van der Waals surface area contributed by atoms with Crippen LogP contribution in [-0.4, -0.2) is 35.6 Å². The quantitative estimate of drug-likeness (QED) is 0.714. The molecule has 1 aliphatic rings. The predicted molar refractivity (Wildman–Crippen MR) is 51.3 cm³/mol. The minimum absolute atomic E-state index is 0.115. The third kappa shape index (κ3) is 2.99. The second-order valence-electron chi connectivity index (χ2n) is 3.77. The first-order chi connectivity index (χ1) is 6.25. The van der Waals surface area contributed by atoms with Crippen molar-refractivity contribution in [3.63, 3.8) is 0 Å². The summed E-state index contributed by atoms with van der Waals surface area (Å²) in [5.41, 5.74) is 0. The average Bonchev–Trinajstić information content (AvgIpc) is 2.65. The molecule has 3 heteroatoms. The Hall–Kier alpha value is -0.570. The topological polar surface area (TPSA) is 40.5 Å². The van der Waals surface area contributed by atoms with Gasteiger partial charge in [0.1, 0.15) is 0 Å². The van der Waals surface area contributed by atoms with E-state index in [0.717, 1.165) is 12.8 Å². The third-order valence-electron chi connectivity index (χ3n) is 2.81. The molecule has 0 aromatic carbocycles. The standard InChI is InChI=1S/C10H19NO2/c1-11(9-5-2-3-6-9)10(13)7-4-8-12/h9,12H,2-8H2,1H3. The van der Waals surface area contributed by atoms with Gasteiger partial charge < -0.3 is 10.0 Å². The summed E-state index contributed by atoms with van der Waals surface area (Å²) in [6.07, 6.45) is 5.90. The molecule has 1 aliphatic carbocycles. The highest BCUT2D eigenvalue weighted by Crippen LogP contribution is 2.22. The van der Waals surface area contributed by atoms with Gasteiger partial charge in [-0.3, -0.25) is 4.79 Å². The van der Waals surface area contributed by atoms with Crippen LogP contribution in [0.3, 0.4) is 0 Å².